The molecular weight excluding hydrogens is 415 g/mol. The predicted molar refractivity (Wildman–Crippen MR) is 110 cm³/mol. The zero-order valence-electron chi connectivity index (χ0n) is 16.0. The quantitative estimate of drug-likeness (QED) is 0.557. The summed E-state index contributed by atoms with van der Waals surface area (Å²) < 4.78 is 13.1. The summed E-state index contributed by atoms with van der Waals surface area (Å²) in [6.07, 6.45) is 0.141. The molecule has 0 spiro atoms. The highest BCUT2D eigenvalue weighted by molar-refractivity contribution is 6.33. The van der Waals surface area contributed by atoms with Crippen LogP contribution in [-0.4, -0.2) is 54.4 Å². The number of hydrogen-bond acceptors (Lipinski definition) is 5. The monoisotopic (exact) mass is 434 g/mol. The van der Waals surface area contributed by atoms with Crippen LogP contribution in [0.3, 0.4) is 0 Å². The van der Waals surface area contributed by atoms with Gasteiger partial charge in [-0.1, -0.05) is 11.6 Å². The highest BCUT2D eigenvalue weighted by Gasteiger charge is 2.22. The van der Waals surface area contributed by atoms with E-state index in [1.165, 1.54) is 18.2 Å². The van der Waals surface area contributed by atoms with Crippen LogP contribution in [0.4, 0.5) is 15.8 Å². The van der Waals surface area contributed by atoms with Crippen molar-refractivity contribution < 1.29 is 18.9 Å². The zero-order chi connectivity index (χ0) is 21.7. The standard InChI is InChI=1S/C20H20ClFN4O4/c21-18-13-14(22)1-6-17(18)20(28)23-8-7-19(27)25-11-9-24(10-12-25)15-2-4-16(5-3-15)26(29)30/h1-6,13H,7-12H2,(H,23,28). The van der Waals surface area contributed by atoms with Crippen LogP contribution in [0.25, 0.3) is 0 Å². The highest BCUT2D eigenvalue weighted by atomic mass is 35.5. The lowest BCUT2D eigenvalue weighted by atomic mass is 10.2. The molecule has 1 aliphatic heterocycles. The van der Waals surface area contributed by atoms with E-state index in [2.05, 4.69) is 10.2 Å². The van der Waals surface area contributed by atoms with Gasteiger partial charge in [0.15, 0.2) is 0 Å². The van der Waals surface area contributed by atoms with Gasteiger partial charge in [-0.2, -0.15) is 0 Å². The third kappa shape index (κ3) is 5.24. The molecule has 1 heterocycles. The van der Waals surface area contributed by atoms with Crippen LogP contribution in [0.2, 0.25) is 5.02 Å². The molecule has 2 amide bonds. The molecule has 1 aliphatic rings. The van der Waals surface area contributed by atoms with Gasteiger partial charge in [0.1, 0.15) is 5.82 Å². The van der Waals surface area contributed by atoms with Crippen LogP contribution < -0.4 is 10.2 Å². The van der Waals surface area contributed by atoms with Crippen molar-refractivity contribution in [3.63, 3.8) is 0 Å². The van der Waals surface area contributed by atoms with Crippen molar-refractivity contribution in [2.24, 2.45) is 0 Å². The lowest BCUT2D eigenvalue weighted by Crippen LogP contribution is -2.49. The molecule has 0 radical (unpaired) electrons. The van der Waals surface area contributed by atoms with Crippen molar-refractivity contribution in [1.29, 1.82) is 0 Å². The van der Waals surface area contributed by atoms with Gasteiger partial charge in [-0.15, -0.1) is 0 Å². The Labute approximate surface area is 177 Å². The largest absolute Gasteiger partial charge is 0.368 e. The molecule has 1 N–H and O–H groups in total. The van der Waals surface area contributed by atoms with E-state index < -0.39 is 16.6 Å². The van der Waals surface area contributed by atoms with E-state index in [0.717, 1.165) is 17.8 Å². The average molecular weight is 435 g/mol. The Bertz CT molecular complexity index is 946. The Morgan fingerprint density at radius 3 is 2.37 bits per heavy atom. The highest BCUT2D eigenvalue weighted by Crippen LogP contribution is 2.21. The third-order valence-electron chi connectivity index (χ3n) is 4.86. The van der Waals surface area contributed by atoms with E-state index in [4.69, 9.17) is 11.6 Å². The van der Waals surface area contributed by atoms with Gasteiger partial charge < -0.3 is 15.1 Å². The van der Waals surface area contributed by atoms with Gasteiger partial charge >= 0.3 is 0 Å². The number of hydrogen-bond donors (Lipinski definition) is 1. The SMILES string of the molecule is O=C(NCCC(=O)N1CCN(c2ccc([N+](=O)[O-])cc2)CC1)c1ccc(F)cc1Cl. The van der Waals surface area contributed by atoms with Crippen LogP contribution in [0.5, 0.6) is 0 Å². The molecule has 30 heavy (non-hydrogen) atoms. The van der Waals surface area contributed by atoms with Crippen molar-refractivity contribution >= 4 is 34.8 Å². The number of non-ortho nitro benzene ring substituents is 1. The minimum absolute atomic E-state index is 0.0150. The van der Waals surface area contributed by atoms with Crippen molar-refractivity contribution in [3.8, 4) is 0 Å². The van der Waals surface area contributed by atoms with Gasteiger partial charge in [-0.25, -0.2) is 4.39 Å². The van der Waals surface area contributed by atoms with Crippen molar-refractivity contribution in [3.05, 3.63) is 69.0 Å². The summed E-state index contributed by atoms with van der Waals surface area (Å²) in [6.45, 7) is 2.41. The lowest BCUT2D eigenvalue weighted by molar-refractivity contribution is -0.384. The number of nitrogens with one attached hydrogen (secondary N) is 1. The van der Waals surface area contributed by atoms with Crippen LogP contribution in [0, 0.1) is 15.9 Å². The van der Waals surface area contributed by atoms with Crippen molar-refractivity contribution in [1.82, 2.24) is 10.2 Å². The molecule has 0 aromatic heterocycles. The number of anilines is 1. The average Bonchev–Trinajstić information content (AvgIpc) is 2.73. The summed E-state index contributed by atoms with van der Waals surface area (Å²) in [5, 5.41) is 13.4. The van der Waals surface area contributed by atoms with Gasteiger partial charge in [0.05, 0.1) is 15.5 Å². The zero-order valence-corrected chi connectivity index (χ0v) is 16.8. The Kier molecular flexibility index (Phi) is 6.83. The Balaban J connectivity index is 1.44. The third-order valence-corrected chi connectivity index (χ3v) is 5.17. The van der Waals surface area contributed by atoms with Crippen molar-refractivity contribution in [2.45, 2.75) is 6.42 Å². The number of rotatable bonds is 6. The van der Waals surface area contributed by atoms with Crippen LogP contribution >= 0.6 is 11.6 Å². The number of nitro benzene ring substituents is 1. The summed E-state index contributed by atoms with van der Waals surface area (Å²) in [4.78, 5) is 38.6. The molecule has 0 saturated carbocycles. The minimum atomic E-state index is -0.528. The van der Waals surface area contributed by atoms with Crippen LogP contribution in [-0.2, 0) is 4.79 Å². The van der Waals surface area contributed by atoms with Gasteiger partial charge in [0.2, 0.25) is 5.91 Å². The molecular formula is C20H20ClFN4O4. The maximum atomic E-state index is 13.1. The maximum absolute atomic E-state index is 13.1. The summed E-state index contributed by atoms with van der Waals surface area (Å²) in [6, 6.07) is 9.83. The summed E-state index contributed by atoms with van der Waals surface area (Å²) >= 11 is 5.86. The molecule has 0 atom stereocenters. The number of piperazine rings is 1. The molecule has 3 rings (SSSR count). The van der Waals surface area contributed by atoms with Crippen molar-refractivity contribution in [2.75, 3.05) is 37.6 Å². The molecule has 158 valence electrons. The molecule has 0 unspecified atom stereocenters. The van der Waals surface area contributed by atoms with E-state index in [-0.39, 0.29) is 35.1 Å². The Morgan fingerprint density at radius 2 is 1.77 bits per heavy atom. The number of amides is 2. The first-order valence-electron chi connectivity index (χ1n) is 9.35. The van der Waals surface area contributed by atoms with Gasteiger partial charge in [0.25, 0.3) is 11.6 Å². The lowest BCUT2D eigenvalue weighted by Gasteiger charge is -2.36. The molecule has 0 bridgehead atoms. The second-order valence-corrected chi connectivity index (χ2v) is 7.18. The summed E-state index contributed by atoms with van der Waals surface area (Å²) in [5.41, 5.74) is 1.06. The molecule has 1 fully saturated rings. The first-order valence-corrected chi connectivity index (χ1v) is 9.73. The minimum Gasteiger partial charge on any atom is -0.368 e. The number of nitro groups is 1. The van der Waals surface area contributed by atoms with E-state index >= 15 is 0 Å². The van der Waals surface area contributed by atoms with Gasteiger partial charge in [-0.05, 0) is 30.3 Å². The smallest absolute Gasteiger partial charge is 0.269 e. The predicted octanol–water partition coefficient (Wildman–Crippen LogP) is 2.86. The first kappa shape index (κ1) is 21.5. The van der Waals surface area contributed by atoms with E-state index in [0.29, 0.717) is 26.2 Å². The number of nitrogens with zero attached hydrogens (tertiary/aromatic N) is 3. The topological polar surface area (TPSA) is 95.8 Å². The maximum Gasteiger partial charge on any atom is 0.269 e. The second kappa shape index (κ2) is 9.53. The van der Waals surface area contributed by atoms with E-state index in [9.17, 15) is 24.1 Å². The Morgan fingerprint density at radius 1 is 1.10 bits per heavy atom. The fourth-order valence-corrected chi connectivity index (χ4v) is 3.46. The number of benzene rings is 2. The fraction of sp³-hybridized carbons (Fsp3) is 0.300. The van der Waals surface area contributed by atoms with E-state index in [1.54, 1.807) is 17.0 Å². The number of halogens is 2. The normalized spacial score (nSPS) is 13.8. The molecule has 0 aliphatic carbocycles. The molecule has 2 aromatic carbocycles. The molecule has 2 aromatic rings. The second-order valence-electron chi connectivity index (χ2n) is 6.77. The molecule has 1 saturated heterocycles. The number of carbonyl (C=O) groups excluding carboxylic acids is 2. The molecule has 8 nitrogen and oxygen atoms in total. The van der Waals surface area contributed by atoms with E-state index in [1.807, 2.05) is 0 Å². The summed E-state index contributed by atoms with van der Waals surface area (Å²) in [5.74, 6) is -1.07. The van der Waals surface area contributed by atoms with Crippen LogP contribution in [0.15, 0.2) is 42.5 Å². The molecule has 10 heteroatoms. The van der Waals surface area contributed by atoms with Gasteiger partial charge in [0, 0.05) is 57.0 Å². The summed E-state index contributed by atoms with van der Waals surface area (Å²) in [7, 11) is 0. The first-order chi connectivity index (χ1) is 14.3. The number of carbonyl (C=O) groups is 2. The fourth-order valence-electron chi connectivity index (χ4n) is 3.21. The van der Waals surface area contributed by atoms with Gasteiger partial charge in [-0.3, -0.25) is 19.7 Å². The Hall–Kier alpha value is -3.20. The van der Waals surface area contributed by atoms with Crippen LogP contribution in [0.1, 0.15) is 16.8 Å².